The first kappa shape index (κ1) is 21.8. The fourth-order valence-electron chi connectivity index (χ4n) is 4.40. The average molecular weight is 498 g/mol. The van der Waals surface area contributed by atoms with Gasteiger partial charge in [0.15, 0.2) is 5.96 Å². The van der Waals surface area contributed by atoms with Crippen LogP contribution in [-0.2, 0) is 4.74 Å². The Kier molecular flexibility index (Phi) is 8.00. The van der Waals surface area contributed by atoms with Gasteiger partial charge in [-0.15, -0.1) is 24.0 Å². The van der Waals surface area contributed by atoms with Crippen molar-refractivity contribution >= 4 is 29.9 Å². The number of guanidine groups is 1. The van der Waals surface area contributed by atoms with Crippen LogP contribution in [0.1, 0.15) is 43.4 Å². The van der Waals surface area contributed by atoms with E-state index in [4.69, 9.17) is 9.73 Å². The fraction of sp³-hybridized carbons (Fsp3) is 0.682. The number of morpholine rings is 1. The van der Waals surface area contributed by atoms with Crippen LogP contribution in [0.4, 0.5) is 0 Å². The summed E-state index contributed by atoms with van der Waals surface area (Å²) in [6.45, 7) is 11.2. The Morgan fingerprint density at radius 2 is 2.00 bits per heavy atom. The molecule has 0 bridgehead atoms. The van der Waals surface area contributed by atoms with Crippen LogP contribution in [0.2, 0.25) is 0 Å². The van der Waals surface area contributed by atoms with Crippen molar-refractivity contribution in [1.29, 1.82) is 0 Å². The minimum atomic E-state index is 0. The molecule has 1 N–H and O–H groups in total. The third-order valence-corrected chi connectivity index (χ3v) is 6.12. The maximum Gasteiger partial charge on any atom is 0.194 e. The molecule has 2 aliphatic heterocycles. The van der Waals surface area contributed by atoms with Gasteiger partial charge in [0.2, 0.25) is 0 Å². The SMILES string of the molecule is CCNC(=NCC1CCN(C2CC2)C1)N1CCOC(c2ccccc2C)C1.I. The Morgan fingerprint density at radius 1 is 1.18 bits per heavy atom. The summed E-state index contributed by atoms with van der Waals surface area (Å²) in [7, 11) is 0. The van der Waals surface area contributed by atoms with Crippen molar-refractivity contribution in [2.75, 3.05) is 45.9 Å². The highest BCUT2D eigenvalue weighted by Crippen LogP contribution is 2.32. The predicted octanol–water partition coefficient (Wildman–Crippen LogP) is 3.44. The number of aliphatic imine (C=N–C) groups is 1. The van der Waals surface area contributed by atoms with Crippen molar-refractivity contribution in [3.8, 4) is 0 Å². The summed E-state index contributed by atoms with van der Waals surface area (Å²) < 4.78 is 6.10. The summed E-state index contributed by atoms with van der Waals surface area (Å²) in [4.78, 5) is 10.1. The van der Waals surface area contributed by atoms with Crippen molar-refractivity contribution in [3.63, 3.8) is 0 Å². The first-order valence-electron chi connectivity index (χ1n) is 10.7. The van der Waals surface area contributed by atoms with Crippen molar-refractivity contribution in [1.82, 2.24) is 15.1 Å². The van der Waals surface area contributed by atoms with Crippen LogP contribution in [0.15, 0.2) is 29.3 Å². The quantitative estimate of drug-likeness (QED) is 0.384. The van der Waals surface area contributed by atoms with Gasteiger partial charge < -0.3 is 19.9 Å². The van der Waals surface area contributed by atoms with Gasteiger partial charge in [-0.3, -0.25) is 4.99 Å². The number of rotatable bonds is 5. The monoisotopic (exact) mass is 498 g/mol. The molecule has 0 amide bonds. The van der Waals surface area contributed by atoms with E-state index in [0.717, 1.165) is 44.8 Å². The van der Waals surface area contributed by atoms with Crippen LogP contribution in [0.3, 0.4) is 0 Å². The number of aryl methyl sites for hydroxylation is 1. The number of hydrogen-bond donors (Lipinski definition) is 1. The van der Waals surface area contributed by atoms with Gasteiger partial charge in [-0.1, -0.05) is 24.3 Å². The average Bonchev–Trinajstić information content (AvgIpc) is 3.44. The molecule has 5 nitrogen and oxygen atoms in total. The van der Waals surface area contributed by atoms with Gasteiger partial charge in [0.1, 0.15) is 6.10 Å². The lowest BCUT2D eigenvalue weighted by Crippen LogP contribution is -2.48. The summed E-state index contributed by atoms with van der Waals surface area (Å²) >= 11 is 0. The van der Waals surface area contributed by atoms with E-state index in [1.54, 1.807) is 0 Å². The molecule has 1 saturated carbocycles. The molecule has 3 fully saturated rings. The standard InChI is InChI=1S/C22H34N4O.HI/c1-3-23-22(24-14-18-10-11-25(15-18)19-8-9-19)26-12-13-27-21(16-26)20-7-5-4-6-17(20)2;/h4-7,18-19,21H,3,8-16H2,1-2H3,(H,23,24);1H. The molecule has 0 radical (unpaired) electrons. The maximum absolute atomic E-state index is 6.10. The van der Waals surface area contributed by atoms with Crippen molar-refractivity contribution in [2.24, 2.45) is 10.9 Å². The summed E-state index contributed by atoms with van der Waals surface area (Å²) in [5, 5.41) is 3.52. The second-order valence-corrected chi connectivity index (χ2v) is 8.24. The zero-order valence-electron chi connectivity index (χ0n) is 17.3. The molecule has 1 aromatic rings. The van der Waals surface area contributed by atoms with Gasteiger partial charge in [-0.25, -0.2) is 0 Å². The summed E-state index contributed by atoms with van der Waals surface area (Å²) in [6, 6.07) is 9.45. The first-order valence-corrected chi connectivity index (χ1v) is 10.7. The van der Waals surface area contributed by atoms with Gasteiger partial charge >= 0.3 is 0 Å². The Morgan fingerprint density at radius 3 is 2.75 bits per heavy atom. The van der Waals surface area contributed by atoms with Gasteiger partial charge in [0.05, 0.1) is 13.2 Å². The van der Waals surface area contributed by atoms with E-state index in [2.05, 4.69) is 53.2 Å². The molecule has 3 aliphatic rings. The van der Waals surface area contributed by atoms with E-state index in [-0.39, 0.29) is 30.1 Å². The highest BCUT2D eigenvalue weighted by molar-refractivity contribution is 14.0. The normalized spacial score (nSPS) is 26.2. The lowest BCUT2D eigenvalue weighted by atomic mass is 10.0. The third kappa shape index (κ3) is 5.39. The molecule has 0 aromatic heterocycles. The van der Waals surface area contributed by atoms with Crippen LogP contribution < -0.4 is 5.32 Å². The van der Waals surface area contributed by atoms with E-state index in [0.29, 0.717) is 5.92 Å². The van der Waals surface area contributed by atoms with Crippen LogP contribution in [-0.4, -0.2) is 67.7 Å². The predicted molar refractivity (Wildman–Crippen MR) is 126 cm³/mol. The Bertz CT molecular complexity index is 664. The topological polar surface area (TPSA) is 40.1 Å². The summed E-state index contributed by atoms with van der Waals surface area (Å²) in [5.41, 5.74) is 2.60. The molecule has 0 spiro atoms. The molecule has 4 rings (SSSR count). The van der Waals surface area contributed by atoms with Crippen LogP contribution in [0.25, 0.3) is 0 Å². The van der Waals surface area contributed by atoms with Crippen LogP contribution in [0.5, 0.6) is 0 Å². The lowest BCUT2D eigenvalue weighted by Gasteiger charge is -2.36. The molecule has 2 unspecified atom stereocenters. The van der Waals surface area contributed by atoms with Crippen molar-refractivity contribution < 1.29 is 4.74 Å². The molecule has 6 heteroatoms. The van der Waals surface area contributed by atoms with Gasteiger partial charge in [0.25, 0.3) is 0 Å². The number of likely N-dealkylation sites (tertiary alicyclic amines) is 1. The number of benzene rings is 1. The molecule has 1 aliphatic carbocycles. The molecule has 2 saturated heterocycles. The zero-order valence-corrected chi connectivity index (χ0v) is 19.6. The van der Waals surface area contributed by atoms with Gasteiger partial charge in [-0.05, 0) is 56.7 Å². The molecule has 2 heterocycles. The number of hydrogen-bond acceptors (Lipinski definition) is 3. The van der Waals surface area contributed by atoms with Gasteiger partial charge in [0, 0.05) is 32.2 Å². The molecule has 1 aromatic carbocycles. The van der Waals surface area contributed by atoms with E-state index >= 15 is 0 Å². The third-order valence-electron chi connectivity index (χ3n) is 6.12. The van der Waals surface area contributed by atoms with Crippen molar-refractivity contribution in [3.05, 3.63) is 35.4 Å². The number of ether oxygens (including phenoxy) is 1. The van der Waals surface area contributed by atoms with Crippen LogP contribution in [0, 0.1) is 12.8 Å². The largest absolute Gasteiger partial charge is 0.370 e. The first-order chi connectivity index (χ1) is 13.2. The molecule has 156 valence electrons. The van der Waals surface area contributed by atoms with E-state index in [9.17, 15) is 0 Å². The summed E-state index contributed by atoms with van der Waals surface area (Å²) in [6.07, 6.45) is 4.24. The second kappa shape index (κ2) is 10.3. The van der Waals surface area contributed by atoms with Crippen LogP contribution >= 0.6 is 24.0 Å². The smallest absolute Gasteiger partial charge is 0.194 e. The van der Waals surface area contributed by atoms with Crippen molar-refractivity contribution in [2.45, 2.75) is 45.3 Å². The minimum Gasteiger partial charge on any atom is -0.370 e. The zero-order chi connectivity index (χ0) is 18.6. The number of nitrogens with one attached hydrogen (secondary N) is 1. The fourth-order valence-corrected chi connectivity index (χ4v) is 4.40. The second-order valence-electron chi connectivity index (χ2n) is 8.24. The molecular formula is C22H35IN4O. The van der Waals surface area contributed by atoms with Gasteiger partial charge in [-0.2, -0.15) is 0 Å². The Labute approximate surface area is 186 Å². The lowest BCUT2D eigenvalue weighted by molar-refractivity contribution is -0.00834. The highest BCUT2D eigenvalue weighted by Gasteiger charge is 2.34. The van der Waals surface area contributed by atoms with E-state index in [1.807, 2.05) is 0 Å². The molecule has 28 heavy (non-hydrogen) atoms. The maximum atomic E-state index is 6.10. The highest BCUT2D eigenvalue weighted by atomic mass is 127. The number of nitrogens with zero attached hydrogens (tertiary/aromatic N) is 3. The number of halogens is 1. The Balaban J connectivity index is 0.00000225. The van der Waals surface area contributed by atoms with E-state index < -0.39 is 0 Å². The van der Waals surface area contributed by atoms with E-state index in [1.165, 1.54) is 43.5 Å². The molecular weight excluding hydrogens is 463 g/mol. The molecule has 2 atom stereocenters. The Hall–Kier alpha value is -0.860. The minimum absolute atomic E-state index is 0. The summed E-state index contributed by atoms with van der Waals surface area (Å²) in [5.74, 6) is 1.77.